The van der Waals surface area contributed by atoms with Crippen LogP contribution in [0.4, 0.5) is 0 Å². The molecule has 0 aromatic heterocycles. The van der Waals surface area contributed by atoms with Gasteiger partial charge in [0.15, 0.2) is 0 Å². The molecule has 0 saturated carbocycles. The highest BCUT2D eigenvalue weighted by molar-refractivity contribution is 7.99. The Hall–Kier alpha value is -0.940. The summed E-state index contributed by atoms with van der Waals surface area (Å²) in [5.74, 6) is 1.03. The molecule has 1 unspecified atom stereocenters. The number of carbonyl (C=O) groups is 1. The van der Waals surface area contributed by atoms with Gasteiger partial charge in [-0.25, -0.2) is 4.79 Å². The third-order valence-electron chi connectivity index (χ3n) is 1.43. The largest absolute Gasteiger partial charge is 0.435 e. The van der Waals surface area contributed by atoms with Crippen molar-refractivity contribution in [2.75, 3.05) is 18.1 Å². The van der Waals surface area contributed by atoms with E-state index in [-0.39, 0.29) is 12.2 Å². The zero-order chi connectivity index (χ0) is 10.4. The van der Waals surface area contributed by atoms with Crippen LogP contribution in [0.5, 0.6) is 0 Å². The molecule has 0 aromatic carbocycles. The maximum atomic E-state index is 10.7. The van der Waals surface area contributed by atoms with Crippen LogP contribution in [-0.4, -0.2) is 30.4 Å². The number of thioether (sulfide) groups is 1. The van der Waals surface area contributed by atoms with E-state index >= 15 is 0 Å². The van der Waals surface area contributed by atoms with Crippen LogP contribution in [0.1, 0.15) is 0 Å². The van der Waals surface area contributed by atoms with Gasteiger partial charge in [-0.05, 0) is 6.58 Å². The van der Waals surface area contributed by atoms with E-state index in [9.17, 15) is 4.79 Å². The minimum absolute atomic E-state index is 0.0533. The van der Waals surface area contributed by atoms with Crippen LogP contribution in [0.25, 0.3) is 0 Å². The summed E-state index contributed by atoms with van der Waals surface area (Å²) in [7, 11) is 0. The van der Waals surface area contributed by atoms with Crippen LogP contribution in [-0.2, 0) is 19.0 Å². The molecule has 0 aliphatic carbocycles. The summed E-state index contributed by atoms with van der Waals surface area (Å²) in [4.78, 5) is 10.7. The zero-order valence-corrected chi connectivity index (χ0v) is 8.55. The zero-order valence-electron chi connectivity index (χ0n) is 7.73. The van der Waals surface area contributed by atoms with Crippen molar-refractivity contribution in [3.05, 3.63) is 25.2 Å². The number of esters is 1. The van der Waals surface area contributed by atoms with Gasteiger partial charge in [0.25, 0.3) is 5.95 Å². The predicted molar refractivity (Wildman–Crippen MR) is 53.6 cm³/mol. The van der Waals surface area contributed by atoms with Crippen LogP contribution in [0.3, 0.4) is 0 Å². The highest BCUT2D eigenvalue weighted by Crippen LogP contribution is 2.16. The quantitative estimate of drug-likeness (QED) is 0.402. The molecular formula is C9H12O4S. The van der Waals surface area contributed by atoms with Crippen molar-refractivity contribution in [1.82, 2.24) is 0 Å². The lowest BCUT2D eigenvalue weighted by Gasteiger charge is -2.23. The Morgan fingerprint density at radius 2 is 2.43 bits per heavy atom. The molecule has 0 N–H and O–H groups in total. The van der Waals surface area contributed by atoms with Gasteiger partial charge >= 0.3 is 5.97 Å². The van der Waals surface area contributed by atoms with Gasteiger partial charge in [0.1, 0.15) is 0 Å². The first kappa shape index (κ1) is 11.1. The molecule has 0 radical (unpaired) electrons. The first-order chi connectivity index (χ1) is 6.72. The molecule has 1 aliphatic rings. The fraction of sp³-hybridized carbons (Fsp3) is 0.444. The minimum atomic E-state index is -0.585. The second kappa shape index (κ2) is 5.72. The maximum Gasteiger partial charge on any atom is 0.337 e. The summed E-state index contributed by atoms with van der Waals surface area (Å²) in [5.41, 5.74) is 0. The molecule has 78 valence electrons. The molecule has 1 atom stereocenters. The summed E-state index contributed by atoms with van der Waals surface area (Å²) in [6, 6.07) is 0. The van der Waals surface area contributed by atoms with Crippen molar-refractivity contribution < 1.29 is 19.0 Å². The molecule has 0 amide bonds. The molecule has 4 nitrogen and oxygen atoms in total. The Kier molecular flexibility index (Phi) is 4.55. The topological polar surface area (TPSA) is 44.8 Å². The van der Waals surface area contributed by atoms with Crippen molar-refractivity contribution in [1.29, 1.82) is 0 Å². The molecule has 1 heterocycles. The van der Waals surface area contributed by atoms with Crippen LogP contribution >= 0.6 is 11.8 Å². The molecule has 0 spiro atoms. The van der Waals surface area contributed by atoms with Crippen molar-refractivity contribution in [2.45, 2.75) is 6.29 Å². The Labute approximate surface area is 86.9 Å². The van der Waals surface area contributed by atoms with Crippen molar-refractivity contribution >= 4 is 17.7 Å². The van der Waals surface area contributed by atoms with Gasteiger partial charge in [-0.15, -0.1) is 0 Å². The Balaban J connectivity index is 2.25. The van der Waals surface area contributed by atoms with E-state index in [1.54, 1.807) is 11.8 Å². The lowest BCUT2D eigenvalue weighted by atomic mass is 10.6. The number of carbonyl (C=O) groups excluding carboxylic acids is 1. The molecule has 1 saturated heterocycles. The predicted octanol–water partition coefficient (Wildman–Crippen LogP) is 1.29. The SMILES string of the molecule is C=CC(=O)OC(=C)OC1CSCCO1. The van der Waals surface area contributed by atoms with E-state index < -0.39 is 5.97 Å². The van der Waals surface area contributed by atoms with Crippen LogP contribution < -0.4 is 0 Å². The van der Waals surface area contributed by atoms with E-state index in [0.717, 1.165) is 11.8 Å². The van der Waals surface area contributed by atoms with Crippen molar-refractivity contribution in [3.8, 4) is 0 Å². The maximum absolute atomic E-state index is 10.7. The van der Waals surface area contributed by atoms with Gasteiger partial charge in [-0.3, -0.25) is 0 Å². The van der Waals surface area contributed by atoms with Gasteiger partial charge in [0, 0.05) is 11.8 Å². The molecule has 14 heavy (non-hydrogen) atoms. The van der Waals surface area contributed by atoms with Crippen LogP contribution in [0, 0.1) is 0 Å². The number of hydrogen-bond donors (Lipinski definition) is 0. The number of ether oxygens (including phenoxy) is 3. The summed E-state index contributed by atoms with van der Waals surface area (Å²) in [6.07, 6.45) is 0.671. The first-order valence-electron chi connectivity index (χ1n) is 4.11. The highest BCUT2D eigenvalue weighted by Gasteiger charge is 2.17. The van der Waals surface area contributed by atoms with Gasteiger partial charge < -0.3 is 14.2 Å². The molecule has 1 fully saturated rings. The van der Waals surface area contributed by atoms with Gasteiger partial charge in [-0.2, -0.15) is 11.8 Å². The standard InChI is InChI=1S/C9H12O4S/c1-3-8(10)12-7(2)13-9-6-14-5-4-11-9/h3,9H,1-2,4-6H2. The Morgan fingerprint density at radius 1 is 1.64 bits per heavy atom. The monoisotopic (exact) mass is 216 g/mol. The van der Waals surface area contributed by atoms with Crippen molar-refractivity contribution in [3.63, 3.8) is 0 Å². The molecule has 0 bridgehead atoms. The highest BCUT2D eigenvalue weighted by atomic mass is 32.2. The third-order valence-corrected chi connectivity index (χ3v) is 2.39. The Bertz CT molecular complexity index is 233. The lowest BCUT2D eigenvalue weighted by Crippen LogP contribution is -2.26. The van der Waals surface area contributed by atoms with Gasteiger partial charge in [0.05, 0.1) is 12.4 Å². The van der Waals surface area contributed by atoms with Crippen molar-refractivity contribution in [2.24, 2.45) is 0 Å². The van der Waals surface area contributed by atoms with E-state index in [4.69, 9.17) is 9.47 Å². The van der Waals surface area contributed by atoms with E-state index in [2.05, 4.69) is 17.9 Å². The molecule has 1 aliphatic heterocycles. The summed E-state index contributed by atoms with van der Waals surface area (Å²) in [6.45, 7) is 7.33. The minimum Gasteiger partial charge on any atom is -0.435 e. The Morgan fingerprint density at radius 3 is 3.00 bits per heavy atom. The normalized spacial score (nSPS) is 21.0. The van der Waals surface area contributed by atoms with Crippen LogP contribution in [0.2, 0.25) is 0 Å². The average molecular weight is 216 g/mol. The van der Waals surface area contributed by atoms with E-state index in [1.807, 2.05) is 0 Å². The smallest absolute Gasteiger partial charge is 0.337 e. The second-order valence-electron chi connectivity index (χ2n) is 2.49. The molecule has 1 rings (SSSR count). The van der Waals surface area contributed by atoms with E-state index in [1.165, 1.54) is 0 Å². The number of rotatable bonds is 4. The summed E-state index contributed by atoms with van der Waals surface area (Å²) in [5, 5.41) is 0. The van der Waals surface area contributed by atoms with Gasteiger partial charge in [-0.1, -0.05) is 6.58 Å². The van der Waals surface area contributed by atoms with E-state index in [0.29, 0.717) is 12.4 Å². The average Bonchev–Trinajstić information content (AvgIpc) is 2.19. The fourth-order valence-electron chi connectivity index (χ4n) is 0.859. The van der Waals surface area contributed by atoms with Crippen LogP contribution in [0.15, 0.2) is 25.2 Å². The third kappa shape index (κ3) is 3.85. The number of hydrogen-bond acceptors (Lipinski definition) is 5. The molecular weight excluding hydrogens is 204 g/mol. The fourth-order valence-corrected chi connectivity index (χ4v) is 1.60. The summed E-state index contributed by atoms with van der Waals surface area (Å²) >= 11 is 1.72. The first-order valence-corrected chi connectivity index (χ1v) is 5.27. The molecule has 5 heteroatoms. The lowest BCUT2D eigenvalue weighted by molar-refractivity contribution is -0.156. The second-order valence-corrected chi connectivity index (χ2v) is 3.64. The van der Waals surface area contributed by atoms with Gasteiger partial charge in [0.2, 0.25) is 6.29 Å². The molecule has 0 aromatic rings. The summed E-state index contributed by atoms with van der Waals surface area (Å²) < 4.78 is 15.0.